The van der Waals surface area contributed by atoms with E-state index < -0.39 is 67.4 Å². The van der Waals surface area contributed by atoms with Crippen LogP contribution in [0.4, 0.5) is 0 Å². The molecular formula is C65H115NO10. The SMILES string of the molecule is CCCCC/C=C\C/C=C\C/C=C\CCCCCCCC(O)C(=O)NC(COC1OC(CO)C(O)C(O)C1OC(=O)CCCCCCCCC/C=C\C/C=C\CCCCC)C(O)/C=C/CCCCCCCCCCCC. The van der Waals surface area contributed by atoms with Crippen LogP contribution in [0, 0.1) is 0 Å². The highest BCUT2D eigenvalue weighted by Crippen LogP contribution is 2.26. The largest absolute Gasteiger partial charge is 0.454 e. The lowest BCUT2D eigenvalue weighted by atomic mass is 9.99. The molecule has 0 aromatic heterocycles. The average Bonchev–Trinajstić information content (AvgIpc) is 3.42. The molecule has 11 heteroatoms. The molecule has 0 aromatic carbocycles. The van der Waals surface area contributed by atoms with Crippen molar-refractivity contribution in [2.45, 2.75) is 314 Å². The van der Waals surface area contributed by atoms with Crippen LogP contribution in [0.3, 0.4) is 0 Å². The van der Waals surface area contributed by atoms with E-state index in [0.29, 0.717) is 12.8 Å². The van der Waals surface area contributed by atoms with Crippen LogP contribution in [0.15, 0.2) is 72.9 Å². The Balaban J connectivity index is 2.70. The van der Waals surface area contributed by atoms with Gasteiger partial charge in [-0.2, -0.15) is 0 Å². The van der Waals surface area contributed by atoms with E-state index in [9.17, 15) is 35.1 Å². The number of allylic oxidation sites excluding steroid dienone is 11. The van der Waals surface area contributed by atoms with E-state index in [1.807, 2.05) is 6.08 Å². The van der Waals surface area contributed by atoms with Crippen LogP contribution >= 0.6 is 0 Å². The van der Waals surface area contributed by atoms with E-state index in [-0.39, 0.29) is 19.4 Å². The van der Waals surface area contributed by atoms with E-state index in [0.717, 1.165) is 103 Å². The second kappa shape index (κ2) is 52.8. The summed E-state index contributed by atoms with van der Waals surface area (Å²) >= 11 is 0. The van der Waals surface area contributed by atoms with Gasteiger partial charge < -0.3 is 45.1 Å². The quantitative estimate of drug-likeness (QED) is 0.0195. The first-order valence-electron chi connectivity index (χ1n) is 31.2. The number of hydrogen-bond donors (Lipinski definition) is 6. The first kappa shape index (κ1) is 71.1. The number of unbranched alkanes of at least 4 members (excludes halogenated alkanes) is 28. The second-order valence-electron chi connectivity index (χ2n) is 21.4. The first-order valence-corrected chi connectivity index (χ1v) is 31.2. The van der Waals surface area contributed by atoms with Crippen LogP contribution in [0.2, 0.25) is 0 Å². The third-order valence-corrected chi connectivity index (χ3v) is 14.3. The van der Waals surface area contributed by atoms with Crippen molar-refractivity contribution in [1.29, 1.82) is 0 Å². The average molecular weight is 1070 g/mol. The molecule has 1 aliphatic heterocycles. The van der Waals surface area contributed by atoms with Gasteiger partial charge in [-0.3, -0.25) is 9.59 Å². The summed E-state index contributed by atoms with van der Waals surface area (Å²) in [6, 6.07) is -1.04. The van der Waals surface area contributed by atoms with Crippen LogP contribution in [0.1, 0.15) is 265 Å². The van der Waals surface area contributed by atoms with Gasteiger partial charge in [-0.15, -0.1) is 0 Å². The Hall–Kier alpha value is -2.90. The van der Waals surface area contributed by atoms with Crippen LogP contribution in [-0.2, 0) is 23.8 Å². The van der Waals surface area contributed by atoms with Gasteiger partial charge >= 0.3 is 5.97 Å². The van der Waals surface area contributed by atoms with E-state index in [2.05, 4.69) is 86.8 Å². The number of carbonyl (C=O) groups excluding carboxylic acids is 2. The molecule has 1 aliphatic rings. The van der Waals surface area contributed by atoms with Gasteiger partial charge in [-0.05, 0) is 96.3 Å². The molecule has 0 aromatic rings. The van der Waals surface area contributed by atoms with Gasteiger partial charge in [0, 0.05) is 6.42 Å². The fourth-order valence-electron chi connectivity index (χ4n) is 9.33. The predicted molar refractivity (Wildman–Crippen MR) is 315 cm³/mol. The Morgan fingerprint density at radius 2 is 0.908 bits per heavy atom. The summed E-state index contributed by atoms with van der Waals surface area (Å²) in [5.74, 6) is -1.22. The molecule has 1 fully saturated rings. The van der Waals surface area contributed by atoms with Crippen molar-refractivity contribution in [2.24, 2.45) is 0 Å². The maximum absolute atomic E-state index is 13.4. The number of amides is 1. The maximum Gasteiger partial charge on any atom is 0.306 e. The van der Waals surface area contributed by atoms with Gasteiger partial charge in [-0.1, -0.05) is 235 Å². The highest BCUT2D eigenvalue weighted by Gasteiger charge is 2.47. The minimum absolute atomic E-state index is 0.111. The topological polar surface area (TPSA) is 175 Å². The number of aliphatic hydroxyl groups excluding tert-OH is 5. The monoisotopic (exact) mass is 1070 g/mol. The fraction of sp³-hybridized carbons (Fsp3) is 0.785. The van der Waals surface area contributed by atoms with Crippen molar-refractivity contribution in [1.82, 2.24) is 5.32 Å². The normalized spacial score (nSPS) is 19.6. The molecule has 76 heavy (non-hydrogen) atoms. The first-order chi connectivity index (χ1) is 37.2. The molecule has 1 amide bonds. The minimum atomic E-state index is -1.62. The van der Waals surface area contributed by atoms with Crippen LogP contribution < -0.4 is 5.32 Å². The third-order valence-electron chi connectivity index (χ3n) is 14.3. The van der Waals surface area contributed by atoms with Crippen LogP contribution in [0.25, 0.3) is 0 Å². The summed E-state index contributed by atoms with van der Waals surface area (Å²) in [6.07, 6.45) is 56.4. The number of nitrogens with one attached hydrogen (secondary N) is 1. The highest BCUT2D eigenvalue weighted by atomic mass is 16.7. The molecule has 11 nitrogen and oxygen atoms in total. The molecule has 6 N–H and O–H groups in total. The lowest BCUT2D eigenvalue weighted by Gasteiger charge is -2.41. The van der Waals surface area contributed by atoms with Gasteiger partial charge in [0.05, 0.1) is 25.4 Å². The molecule has 1 heterocycles. The summed E-state index contributed by atoms with van der Waals surface area (Å²) in [6.45, 7) is 5.72. The number of aliphatic hydroxyl groups is 5. The Morgan fingerprint density at radius 3 is 1.38 bits per heavy atom. The summed E-state index contributed by atoms with van der Waals surface area (Å²) in [5, 5.41) is 57.0. The van der Waals surface area contributed by atoms with Crippen molar-refractivity contribution in [3.05, 3.63) is 72.9 Å². The molecule has 8 atom stereocenters. The lowest BCUT2D eigenvalue weighted by Crippen LogP contribution is -2.61. The fourth-order valence-corrected chi connectivity index (χ4v) is 9.33. The molecule has 8 unspecified atom stereocenters. The van der Waals surface area contributed by atoms with Crippen LogP contribution in [0.5, 0.6) is 0 Å². The number of esters is 1. The number of hydrogen-bond acceptors (Lipinski definition) is 10. The van der Waals surface area contributed by atoms with Crippen molar-refractivity contribution in [3.8, 4) is 0 Å². The number of rotatable bonds is 52. The molecule has 0 saturated carbocycles. The molecule has 1 rings (SSSR count). The van der Waals surface area contributed by atoms with E-state index >= 15 is 0 Å². The van der Waals surface area contributed by atoms with Crippen molar-refractivity contribution in [2.75, 3.05) is 13.2 Å². The van der Waals surface area contributed by atoms with Gasteiger partial charge in [0.2, 0.25) is 5.91 Å². The lowest BCUT2D eigenvalue weighted by molar-refractivity contribution is -0.305. The van der Waals surface area contributed by atoms with Gasteiger partial charge in [0.15, 0.2) is 12.4 Å². The molecule has 0 spiro atoms. The second-order valence-corrected chi connectivity index (χ2v) is 21.4. The third kappa shape index (κ3) is 40.3. The van der Waals surface area contributed by atoms with Gasteiger partial charge in [-0.25, -0.2) is 0 Å². The number of ether oxygens (including phenoxy) is 3. The van der Waals surface area contributed by atoms with Crippen molar-refractivity contribution in [3.63, 3.8) is 0 Å². The van der Waals surface area contributed by atoms with Crippen molar-refractivity contribution >= 4 is 11.9 Å². The Bertz CT molecular complexity index is 1510. The summed E-state index contributed by atoms with van der Waals surface area (Å²) in [4.78, 5) is 26.5. The summed E-state index contributed by atoms with van der Waals surface area (Å²) < 4.78 is 17.6. The zero-order chi connectivity index (χ0) is 55.4. The smallest absolute Gasteiger partial charge is 0.306 e. The van der Waals surface area contributed by atoms with Gasteiger partial charge in [0.1, 0.15) is 24.4 Å². The van der Waals surface area contributed by atoms with Crippen molar-refractivity contribution < 1.29 is 49.3 Å². The summed E-state index contributed by atoms with van der Waals surface area (Å²) in [5.41, 5.74) is 0. The molecule has 440 valence electrons. The molecule has 0 bridgehead atoms. The standard InChI is InChI=1S/C65H115NO10/c1-4-7-10-13-16-19-22-25-27-29-31-32-34-37-40-43-46-49-52-58(69)64(73)66-56(57(68)51-48-45-42-39-36-24-21-18-15-12-9-6-3)55-74-65-63(62(72)61(71)59(54-67)75-65)76-60(70)53-50-47-44-41-38-35-33-30-28-26-23-20-17-14-11-8-5-2/h16-17,19-20,25-28,31-32,48,51,56-59,61-63,65,67-69,71-72H,4-15,18,21-24,29-30,33-47,49-50,52-55H2,1-3H3,(H,66,73)/b19-16-,20-17-,27-25-,28-26-,32-31-,51-48+. The predicted octanol–water partition coefficient (Wildman–Crippen LogP) is 14.8. The maximum atomic E-state index is 13.4. The van der Waals surface area contributed by atoms with E-state index in [1.54, 1.807) is 6.08 Å². The molecule has 1 saturated heterocycles. The molecule has 0 aliphatic carbocycles. The van der Waals surface area contributed by atoms with Gasteiger partial charge in [0.25, 0.3) is 0 Å². The van der Waals surface area contributed by atoms with E-state index in [1.165, 1.54) is 116 Å². The number of carbonyl (C=O) groups is 2. The molecular weight excluding hydrogens is 955 g/mol. The Labute approximate surface area is 464 Å². The zero-order valence-electron chi connectivity index (χ0n) is 48.6. The highest BCUT2D eigenvalue weighted by molar-refractivity contribution is 5.80. The minimum Gasteiger partial charge on any atom is -0.454 e. The zero-order valence-corrected chi connectivity index (χ0v) is 48.6. The Morgan fingerprint density at radius 1 is 0.513 bits per heavy atom. The molecule has 0 radical (unpaired) electrons. The van der Waals surface area contributed by atoms with E-state index in [4.69, 9.17) is 14.2 Å². The van der Waals surface area contributed by atoms with Crippen LogP contribution in [-0.4, -0.2) is 99.6 Å². The Kier molecular flexibility index (Phi) is 49.4. The summed E-state index contributed by atoms with van der Waals surface area (Å²) in [7, 11) is 0.